The quantitative estimate of drug-likeness (QED) is 0.219. The van der Waals surface area contributed by atoms with E-state index in [1.165, 1.54) is 5.56 Å². The van der Waals surface area contributed by atoms with Gasteiger partial charge in [-0.25, -0.2) is 4.79 Å². The van der Waals surface area contributed by atoms with Gasteiger partial charge in [0.15, 0.2) is 0 Å². The van der Waals surface area contributed by atoms with Crippen LogP contribution in [-0.2, 0) is 17.8 Å². The highest BCUT2D eigenvalue weighted by atomic mass is 35.5. The number of carboxylic acid groups (broad SMARTS) is 1. The van der Waals surface area contributed by atoms with E-state index in [4.69, 9.17) is 26.7 Å². The van der Waals surface area contributed by atoms with Crippen molar-refractivity contribution < 1.29 is 53.3 Å². The predicted molar refractivity (Wildman–Crippen MR) is 124 cm³/mol. The molecule has 9 nitrogen and oxygen atoms in total. The number of carbonyl (C=O) groups is 1. The number of aliphatic carboxylic acids is 1. The molecule has 1 unspecified atom stereocenters. The zero-order chi connectivity index (χ0) is 23.5. The van der Waals surface area contributed by atoms with Crippen LogP contribution in [0, 0.1) is 0 Å². The minimum absolute atomic E-state index is 0. The molecule has 0 bridgehead atoms. The van der Waals surface area contributed by atoms with Crippen LogP contribution in [0.3, 0.4) is 0 Å². The molecule has 4 rings (SSSR count). The first kappa shape index (κ1) is 28.1. The van der Waals surface area contributed by atoms with E-state index in [1.54, 1.807) is 30.3 Å². The van der Waals surface area contributed by atoms with Crippen LogP contribution in [-0.4, -0.2) is 57.8 Å². The van der Waals surface area contributed by atoms with Crippen LogP contribution in [0.25, 0.3) is 0 Å². The number of hydrogen-bond acceptors (Lipinski definition) is 3. The predicted octanol–water partition coefficient (Wildman–Crippen LogP) is -5.22. The van der Waals surface area contributed by atoms with Gasteiger partial charge in [0.05, 0.1) is 19.6 Å². The summed E-state index contributed by atoms with van der Waals surface area (Å²) >= 11 is 0. The molecule has 2 aromatic carbocycles. The van der Waals surface area contributed by atoms with Gasteiger partial charge < -0.3 is 39.4 Å². The van der Waals surface area contributed by atoms with E-state index in [0.717, 1.165) is 43.9 Å². The molecular formula is C24H31Cl2N5O4. The lowest BCUT2D eigenvalue weighted by Crippen LogP contribution is -3.00. The second-order valence-corrected chi connectivity index (χ2v) is 8.55. The standard InChI is InChI=1S/C24H29N5O4.2ClH/c1-15(25)28-11-9-21(14-28)32-19-5-3-17(4-6-19)22(23(30)31)33-20-7-2-16-8-10-29(24(26)27)13-18(16)12-20;;/h2-7,12,21-22,25H,8-11,13-14H2,1H3,(H4,26,27,30,31);2*1H/t21-,22?;;/m0../s1. The van der Waals surface area contributed by atoms with Crippen molar-refractivity contribution in [2.75, 3.05) is 19.6 Å². The maximum atomic E-state index is 12.0. The number of ether oxygens (including phenoxy) is 2. The van der Waals surface area contributed by atoms with E-state index in [9.17, 15) is 9.90 Å². The molecule has 2 aliphatic heterocycles. The van der Waals surface area contributed by atoms with Crippen molar-refractivity contribution >= 4 is 17.8 Å². The van der Waals surface area contributed by atoms with Crippen LogP contribution < -0.4 is 51.5 Å². The number of fused-ring (bicyclic) bond motifs is 1. The molecule has 0 aromatic heterocycles. The van der Waals surface area contributed by atoms with Gasteiger partial charge in [-0.3, -0.25) is 26.4 Å². The van der Waals surface area contributed by atoms with Crippen molar-refractivity contribution in [3.8, 4) is 11.5 Å². The van der Waals surface area contributed by atoms with Gasteiger partial charge in [0.2, 0.25) is 11.9 Å². The van der Waals surface area contributed by atoms with E-state index >= 15 is 0 Å². The topological polar surface area (TPSA) is 140 Å². The Hall–Kier alpha value is -3.17. The van der Waals surface area contributed by atoms with Gasteiger partial charge in [-0.2, -0.15) is 0 Å². The first-order valence-corrected chi connectivity index (χ1v) is 11.0. The van der Waals surface area contributed by atoms with Gasteiger partial charge in [-0.1, -0.05) is 18.2 Å². The summed E-state index contributed by atoms with van der Waals surface area (Å²) in [5.74, 6) is 1.17. The third-order valence-corrected chi connectivity index (χ3v) is 6.16. The van der Waals surface area contributed by atoms with E-state index in [0.29, 0.717) is 23.6 Å². The highest BCUT2D eigenvalue weighted by Gasteiger charge is 2.26. The molecular weight excluding hydrogens is 493 g/mol. The van der Waals surface area contributed by atoms with Crippen molar-refractivity contribution in [1.82, 2.24) is 0 Å². The van der Waals surface area contributed by atoms with E-state index in [2.05, 4.69) is 4.58 Å². The third kappa shape index (κ3) is 6.70. The first-order valence-electron chi connectivity index (χ1n) is 11.0. The molecule has 0 amide bonds. The summed E-state index contributed by atoms with van der Waals surface area (Å²) in [5.41, 5.74) is 20.1. The van der Waals surface area contributed by atoms with Gasteiger partial charge in [-0.05, 0) is 35.4 Å². The van der Waals surface area contributed by atoms with E-state index < -0.39 is 12.1 Å². The Morgan fingerprint density at radius 3 is 2.29 bits per heavy atom. The maximum Gasteiger partial charge on any atom is 0.349 e. The molecule has 1 fully saturated rings. The molecule has 11 heteroatoms. The lowest BCUT2D eigenvalue weighted by Gasteiger charge is -2.21. The number of guanidine groups is 1. The van der Waals surface area contributed by atoms with Crippen LogP contribution in [0.15, 0.2) is 42.5 Å². The fourth-order valence-electron chi connectivity index (χ4n) is 4.28. The van der Waals surface area contributed by atoms with Gasteiger partial charge in [-0.15, -0.1) is 0 Å². The number of amidine groups is 1. The third-order valence-electron chi connectivity index (χ3n) is 6.16. The summed E-state index contributed by atoms with van der Waals surface area (Å²) in [6.07, 6.45) is 0.620. The highest BCUT2D eigenvalue weighted by molar-refractivity contribution is 5.75. The second-order valence-electron chi connectivity index (χ2n) is 8.55. The van der Waals surface area contributed by atoms with Crippen LogP contribution in [0.4, 0.5) is 0 Å². The Morgan fingerprint density at radius 1 is 1.00 bits per heavy atom. The summed E-state index contributed by atoms with van der Waals surface area (Å²) in [5, 5.41) is 9.80. The molecule has 2 aliphatic rings. The molecule has 1 saturated heterocycles. The van der Waals surface area contributed by atoms with Crippen LogP contribution in [0.5, 0.6) is 11.5 Å². The smallest absolute Gasteiger partial charge is 0.349 e. The Kier molecular flexibility index (Phi) is 9.62. The molecule has 2 atom stereocenters. The average molecular weight is 524 g/mol. The molecule has 2 heterocycles. The van der Waals surface area contributed by atoms with Gasteiger partial charge in [0, 0.05) is 25.3 Å². The lowest BCUT2D eigenvalue weighted by atomic mass is 10.0. The number of benzene rings is 2. The molecule has 0 saturated carbocycles. The van der Waals surface area contributed by atoms with Crippen molar-refractivity contribution in [3.63, 3.8) is 0 Å². The van der Waals surface area contributed by atoms with Crippen molar-refractivity contribution in [1.29, 1.82) is 0 Å². The number of rotatable bonds is 6. The number of halogens is 2. The number of nitrogens with zero attached hydrogens (tertiary/aromatic N) is 2. The van der Waals surface area contributed by atoms with Gasteiger partial charge in [0.1, 0.15) is 24.1 Å². The zero-order valence-electron chi connectivity index (χ0n) is 19.5. The number of carboxylic acids is 1. The SMILES string of the molecule is CC(N)=[N+]1CC[C@H](Oc2ccc(C(Oc3ccc4c(c3)C[N+](=C(N)N)CC4)C(=O)O)cc2)C1.[Cl-].[Cl-]. The van der Waals surface area contributed by atoms with E-state index in [-0.39, 0.29) is 36.9 Å². The van der Waals surface area contributed by atoms with E-state index in [1.807, 2.05) is 23.6 Å². The first-order chi connectivity index (χ1) is 15.8. The highest BCUT2D eigenvalue weighted by Crippen LogP contribution is 2.28. The number of hydrogen-bond donors (Lipinski definition) is 4. The fraction of sp³-hybridized carbons (Fsp3) is 0.375. The summed E-state index contributed by atoms with van der Waals surface area (Å²) in [6.45, 7) is 4.82. The molecule has 190 valence electrons. The number of nitrogens with two attached hydrogens (primary N) is 3. The fourth-order valence-corrected chi connectivity index (χ4v) is 4.28. The van der Waals surface area contributed by atoms with Crippen LogP contribution in [0.1, 0.15) is 36.1 Å². The van der Waals surface area contributed by atoms with Crippen LogP contribution >= 0.6 is 0 Å². The minimum atomic E-state index is -1.14. The van der Waals surface area contributed by atoms with Gasteiger partial charge in [0.25, 0.3) is 0 Å². The maximum absolute atomic E-state index is 12.0. The molecule has 35 heavy (non-hydrogen) atoms. The Bertz CT molecular complexity index is 1110. The lowest BCUT2D eigenvalue weighted by molar-refractivity contribution is -0.549. The Labute approximate surface area is 217 Å². The Morgan fingerprint density at radius 2 is 1.69 bits per heavy atom. The Balaban J connectivity index is 0.00000216. The molecule has 0 aliphatic carbocycles. The summed E-state index contributed by atoms with van der Waals surface area (Å²) in [7, 11) is 0. The zero-order valence-corrected chi connectivity index (χ0v) is 21.0. The summed E-state index contributed by atoms with van der Waals surface area (Å²) in [6, 6.07) is 12.6. The molecule has 0 spiro atoms. The monoisotopic (exact) mass is 523 g/mol. The minimum Gasteiger partial charge on any atom is -1.00 e. The second kappa shape index (κ2) is 12.0. The van der Waals surface area contributed by atoms with Crippen molar-refractivity contribution in [2.45, 2.75) is 38.5 Å². The van der Waals surface area contributed by atoms with Crippen molar-refractivity contribution in [2.24, 2.45) is 17.2 Å². The van der Waals surface area contributed by atoms with Crippen molar-refractivity contribution in [3.05, 3.63) is 59.2 Å². The molecule has 0 radical (unpaired) electrons. The normalized spacial score (nSPS) is 18.9. The largest absolute Gasteiger partial charge is 1.00 e. The van der Waals surface area contributed by atoms with Gasteiger partial charge >= 0.3 is 11.9 Å². The molecule has 2 aromatic rings. The average Bonchev–Trinajstić information content (AvgIpc) is 3.26. The van der Waals surface area contributed by atoms with Crippen LogP contribution in [0.2, 0.25) is 0 Å². The molecule has 7 N–H and O–H groups in total. The summed E-state index contributed by atoms with van der Waals surface area (Å²) < 4.78 is 15.9. The summed E-state index contributed by atoms with van der Waals surface area (Å²) in [4.78, 5) is 12.0.